The summed E-state index contributed by atoms with van der Waals surface area (Å²) in [6.07, 6.45) is 2.37. The Balaban J connectivity index is 2.75. The maximum Gasteiger partial charge on any atom is 0.346 e. The molecule has 2 rings (SSSR count). The zero-order valence-electron chi connectivity index (χ0n) is 9.16. The van der Waals surface area contributed by atoms with Crippen molar-refractivity contribution in [2.24, 2.45) is 0 Å². The number of aromatic nitrogens is 1. The van der Waals surface area contributed by atoms with Gasteiger partial charge >= 0.3 is 5.97 Å². The topological polar surface area (TPSA) is 94.2 Å². The number of pyridine rings is 1. The van der Waals surface area contributed by atoms with E-state index < -0.39 is 11.5 Å². The molecule has 0 aliphatic rings. The summed E-state index contributed by atoms with van der Waals surface area (Å²) >= 11 is 0. The number of fused-ring (bicyclic) bond motifs is 1. The fraction of sp³-hybridized carbons (Fsp3) is 0. The van der Waals surface area contributed by atoms with Crippen molar-refractivity contribution in [3.05, 3.63) is 41.6 Å². The van der Waals surface area contributed by atoms with E-state index in [1.807, 2.05) is 0 Å². The van der Waals surface area contributed by atoms with Crippen LogP contribution in [0.1, 0.15) is 5.56 Å². The highest BCUT2D eigenvalue weighted by atomic mass is 16.4. The number of nitrogens with zero attached hydrogens (tertiary/aromatic N) is 2. The number of rotatable bonds is 2. The average molecular weight is 240 g/mol. The SMILES string of the molecule is N#C/C(=C/c1c(O)cnc2ccccc12)C(=O)O. The van der Waals surface area contributed by atoms with E-state index in [9.17, 15) is 9.90 Å². The molecule has 0 spiro atoms. The number of carboxylic acid groups (broad SMARTS) is 1. The first-order valence-electron chi connectivity index (χ1n) is 5.05. The van der Waals surface area contributed by atoms with Crippen LogP contribution in [0.3, 0.4) is 0 Å². The van der Waals surface area contributed by atoms with E-state index in [1.165, 1.54) is 6.20 Å². The molecular weight excluding hydrogens is 232 g/mol. The van der Waals surface area contributed by atoms with Gasteiger partial charge in [0.15, 0.2) is 0 Å². The van der Waals surface area contributed by atoms with Gasteiger partial charge < -0.3 is 10.2 Å². The second-order valence-corrected chi connectivity index (χ2v) is 3.55. The van der Waals surface area contributed by atoms with Gasteiger partial charge in [-0.05, 0) is 12.1 Å². The number of benzene rings is 1. The molecule has 0 unspecified atom stereocenters. The smallest absolute Gasteiger partial charge is 0.346 e. The Hall–Kier alpha value is -2.87. The lowest BCUT2D eigenvalue weighted by atomic mass is 10.1. The van der Waals surface area contributed by atoms with Crippen molar-refractivity contribution in [2.75, 3.05) is 0 Å². The molecule has 0 atom stereocenters. The quantitative estimate of drug-likeness (QED) is 0.617. The Bertz CT molecular complexity index is 699. The molecule has 0 fully saturated rings. The van der Waals surface area contributed by atoms with Gasteiger partial charge in [-0.3, -0.25) is 4.98 Å². The van der Waals surface area contributed by atoms with Crippen LogP contribution in [0.15, 0.2) is 36.0 Å². The highest BCUT2D eigenvalue weighted by molar-refractivity contribution is 6.00. The first-order chi connectivity index (χ1) is 8.63. The number of carbonyl (C=O) groups is 1. The lowest BCUT2D eigenvalue weighted by Crippen LogP contribution is -1.97. The zero-order valence-corrected chi connectivity index (χ0v) is 9.16. The van der Waals surface area contributed by atoms with Gasteiger partial charge in [-0.2, -0.15) is 5.26 Å². The first-order valence-corrected chi connectivity index (χ1v) is 5.05. The Morgan fingerprint density at radius 3 is 2.78 bits per heavy atom. The molecule has 0 saturated carbocycles. The largest absolute Gasteiger partial charge is 0.506 e. The van der Waals surface area contributed by atoms with Crippen molar-refractivity contribution in [2.45, 2.75) is 0 Å². The zero-order chi connectivity index (χ0) is 13.1. The molecular formula is C13H8N2O3. The van der Waals surface area contributed by atoms with E-state index in [0.717, 1.165) is 6.08 Å². The van der Waals surface area contributed by atoms with Gasteiger partial charge in [-0.15, -0.1) is 0 Å². The monoisotopic (exact) mass is 240 g/mol. The summed E-state index contributed by atoms with van der Waals surface area (Å²) in [6.45, 7) is 0. The van der Waals surface area contributed by atoms with Crippen molar-refractivity contribution in [3.63, 3.8) is 0 Å². The van der Waals surface area contributed by atoms with Crippen LogP contribution >= 0.6 is 0 Å². The maximum absolute atomic E-state index is 10.8. The maximum atomic E-state index is 10.8. The molecule has 88 valence electrons. The molecule has 0 amide bonds. The van der Waals surface area contributed by atoms with E-state index >= 15 is 0 Å². The molecule has 1 aromatic carbocycles. The number of hydrogen-bond acceptors (Lipinski definition) is 4. The molecule has 0 aliphatic carbocycles. The van der Waals surface area contributed by atoms with Gasteiger partial charge in [0.25, 0.3) is 0 Å². The average Bonchev–Trinajstić information content (AvgIpc) is 2.37. The molecule has 1 heterocycles. The second-order valence-electron chi connectivity index (χ2n) is 3.55. The Morgan fingerprint density at radius 1 is 1.39 bits per heavy atom. The number of carboxylic acids is 1. The van der Waals surface area contributed by atoms with Crippen LogP contribution in [0.5, 0.6) is 5.75 Å². The molecule has 0 saturated heterocycles. The summed E-state index contributed by atoms with van der Waals surface area (Å²) in [5.41, 5.74) is 0.449. The summed E-state index contributed by atoms with van der Waals surface area (Å²) in [4.78, 5) is 14.8. The summed E-state index contributed by atoms with van der Waals surface area (Å²) in [6, 6.07) is 8.53. The Morgan fingerprint density at radius 2 is 2.11 bits per heavy atom. The molecule has 0 bridgehead atoms. The minimum Gasteiger partial charge on any atom is -0.506 e. The van der Waals surface area contributed by atoms with E-state index in [4.69, 9.17) is 10.4 Å². The standard InChI is InChI=1S/C13H8N2O3/c14-6-8(13(17)18)5-10-9-3-1-2-4-11(9)15-7-12(10)16/h1-5,7,16H,(H,17,18)/b8-5-. The minimum absolute atomic E-state index is 0.164. The number of hydrogen-bond donors (Lipinski definition) is 2. The van der Waals surface area contributed by atoms with Crippen LogP contribution in [-0.2, 0) is 4.79 Å². The molecule has 1 aromatic heterocycles. The molecule has 0 radical (unpaired) electrons. The third-order valence-corrected chi connectivity index (χ3v) is 2.44. The van der Waals surface area contributed by atoms with Crippen LogP contribution < -0.4 is 0 Å². The number of aromatic hydroxyl groups is 1. The highest BCUT2D eigenvalue weighted by Gasteiger charge is 2.11. The summed E-state index contributed by atoms with van der Waals surface area (Å²) in [5, 5.41) is 27.8. The molecule has 2 aromatic rings. The van der Waals surface area contributed by atoms with E-state index in [2.05, 4.69) is 4.98 Å². The molecule has 2 N–H and O–H groups in total. The van der Waals surface area contributed by atoms with Crippen LogP contribution in [0.4, 0.5) is 0 Å². The predicted molar refractivity (Wildman–Crippen MR) is 64.6 cm³/mol. The van der Waals surface area contributed by atoms with Gasteiger partial charge in [-0.1, -0.05) is 18.2 Å². The third-order valence-electron chi connectivity index (χ3n) is 2.44. The Labute approximate surface area is 102 Å². The summed E-state index contributed by atoms with van der Waals surface area (Å²) in [7, 11) is 0. The van der Waals surface area contributed by atoms with Gasteiger partial charge in [-0.25, -0.2) is 4.79 Å². The second kappa shape index (κ2) is 4.55. The predicted octanol–water partition coefficient (Wildman–Crippen LogP) is 1.93. The summed E-state index contributed by atoms with van der Waals surface area (Å²) < 4.78 is 0. The van der Waals surface area contributed by atoms with Crippen LogP contribution in [0.2, 0.25) is 0 Å². The molecule has 18 heavy (non-hydrogen) atoms. The van der Waals surface area contributed by atoms with Crippen molar-refractivity contribution < 1.29 is 15.0 Å². The van der Waals surface area contributed by atoms with Gasteiger partial charge in [0.1, 0.15) is 17.4 Å². The summed E-state index contributed by atoms with van der Waals surface area (Å²) in [5.74, 6) is -1.50. The van der Waals surface area contributed by atoms with Crippen LogP contribution in [0, 0.1) is 11.3 Å². The minimum atomic E-state index is -1.34. The van der Waals surface area contributed by atoms with Crippen LogP contribution in [-0.4, -0.2) is 21.2 Å². The van der Waals surface area contributed by atoms with Crippen molar-refractivity contribution in [1.82, 2.24) is 4.98 Å². The van der Waals surface area contributed by atoms with Gasteiger partial charge in [0, 0.05) is 10.9 Å². The molecule has 0 aliphatic heterocycles. The van der Waals surface area contributed by atoms with Crippen molar-refractivity contribution >= 4 is 22.9 Å². The van der Waals surface area contributed by atoms with E-state index in [-0.39, 0.29) is 11.3 Å². The fourth-order valence-electron chi connectivity index (χ4n) is 1.59. The number of para-hydroxylation sites is 1. The highest BCUT2D eigenvalue weighted by Crippen LogP contribution is 2.27. The van der Waals surface area contributed by atoms with Gasteiger partial charge in [0.2, 0.25) is 0 Å². The first kappa shape index (κ1) is 11.6. The normalized spacial score (nSPS) is 11.2. The van der Waals surface area contributed by atoms with Crippen LogP contribution in [0.25, 0.3) is 17.0 Å². The van der Waals surface area contributed by atoms with Crippen molar-refractivity contribution in [1.29, 1.82) is 5.26 Å². The lowest BCUT2D eigenvalue weighted by molar-refractivity contribution is -0.132. The molecule has 5 heteroatoms. The van der Waals surface area contributed by atoms with Gasteiger partial charge in [0.05, 0.1) is 11.7 Å². The lowest BCUT2D eigenvalue weighted by Gasteiger charge is -2.04. The van der Waals surface area contributed by atoms with E-state index in [1.54, 1.807) is 30.3 Å². The molecule has 5 nitrogen and oxygen atoms in total. The number of aliphatic carboxylic acids is 1. The van der Waals surface area contributed by atoms with E-state index in [0.29, 0.717) is 10.9 Å². The third kappa shape index (κ3) is 1.99. The number of nitriles is 1. The Kier molecular flexibility index (Phi) is 2.94. The fourth-order valence-corrected chi connectivity index (χ4v) is 1.59. The van der Waals surface area contributed by atoms with Crippen molar-refractivity contribution in [3.8, 4) is 11.8 Å².